The summed E-state index contributed by atoms with van der Waals surface area (Å²) in [6, 6.07) is 7.65. The molecule has 164 valence electrons. The van der Waals surface area contributed by atoms with Gasteiger partial charge < -0.3 is 15.1 Å². The maximum Gasteiger partial charge on any atom is 0.254 e. The molecule has 4 rings (SSSR count). The van der Waals surface area contributed by atoms with E-state index in [2.05, 4.69) is 15.3 Å². The molecule has 0 bridgehead atoms. The van der Waals surface area contributed by atoms with E-state index in [1.54, 1.807) is 17.0 Å². The van der Waals surface area contributed by atoms with Crippen molar-refractivity contribution in [2.24, 2.45) is 0 Å². The number of carbonyl (C=O) groups excluding carboxylic acids is 2. The van der Waals surface area contributed by atoms with Crippen molar-refractivity contribution in [2.45, 2.75) is 37.0 Å². The molecule has 31 heavy (non-hydrogen) atoms. The van der Waals surface area contributed by atoms with Crippen molar-refractivity contribution in [3.8, 4) is 0 Å². The van der Waals surface area contributed by atoms with Crippen molar-refractivity contribution in [1.82, 2.24) is 20.2 Å². The number of thioether (sulfide) groups is 1. The maximum absolute atomic E-state index is 13.5. The Morgan fingerprint density at radius 1 is 1.26 bits per heavy atom. The summed E-state index contributed by atoms with van der Waals surface area (Å²) in [6.45, 7) is 3.54. The number of amides is 2. The summed E-state index contributed by atoms with van der Waals surface area (Å²) in [4.78, 5) is 37.3. The van der Waals surface area contributed by atoms with Crippen molar-refractivity contribution in [3.05, 3.63) is 46.9 Å². The van der Waals surface area contributed by atoms with Gasteiger partial charge in [-0.1, -0.05) is 29.4 Å². The predicted octanol–water partition coefficient (Wildman–Crippen LogP) is 2.99. The van der Waals surface area contributed by atoms with Crippen molar-refractivity contribution >= 4 is 41.0 Å². The lowest BCUT2D eigenvalue weighted by Gasteiger charge is -2.40. The number of benzene rings is 1. The van der Waals surface area contributed by atoms with E-state index >= 15 is 0 Å². The standard InChI is InChI=1S/C21H23ClFN5O2S/c1-13-11-27(7-8-28(13)20(30)14-3-2-4-15(23)9-14)18-10-17(22)25-21(26-18)31-12-19(29)24-16-5-6-16/h2-4,9-10,13,16H,5-8,11-12H2,1H3,(H,24,29). The minimum atomic E-state index is -0.427. The predicted molar refractivity (Wildman–Crippen MR) is 118 cm³/mol. The average molecular weight is 464 g/mol. The molecule has 1 saturated carbocycles. The van der Waals surface area contributed by atoms with Crippen molar-refractivity contribution in [1.29, 1.82) is 0 Å². The number of piperazine rings is 1. The number of anilines is 1. The molecule has 1 saturated heterocycles. The number of nitrogens with zero attached hydrogens (tertiary/aromatic N) is 4. The number of carbonyl (C=O) groups is 2. The Bertz CT molecular complexity index is 990. The van der Waals surface area contributed by atoms with Gasteiger partial charge in [-0.15, -0.1) is 0 Å². The van der Waals surface area contributed by atoms with Gasteiger partial charge in [0.25, 0.3) is 5.91 Å². The van der Waals surface area contributed by atoms with E-state index in [1.807, 2.05) is 11.8 Å². The zero-order valence-electron chi connectivity index (χ0n) is 17.1. The fraction of sp³-hybridized carbons (Fsp3) is 0.429. The monoisotopic (exact) mass is 463 g/mol. The first-order valence-corrected chi connectivity index (χ1v) is 11.5. The van der Waals surface area contributed by atoms with Crippen LogP contribution in [0.15, 0.2) is 35.5 Å². The van der Waals surface area contributed by atoms with Crippen molar-refractivity contribution < 1.29 is 14.0 Å². The van der Waals surface area contributed by atoms with E-state index in [1.165, 1.54) is 30.0 Å². The second kappa shape index (κ2) is 9.40. The molecular formula is C21H23ClFN5O2S. The average Bonchev–Trinajstić information content (AvgIpc) is 3.55. The molecule has 1 N–H and O–H groups in total. The fourth-order valence-electron chi connectivity index (χ4n) is 3.49. The molecule has 1 atom stereocenters. The largest absolute Gasteiger partial charge is 0.353 e. The molecule has 1 aliphatic heterocycles. The molecular weight excluding hydrogens is 441 g/mol. The van der Waals surface area contributed by atoms with Crippen LogP contribution in [-0.2, 0) is 4.79 Å². The molecule has 2 fully saturated rings. The Labute approximate surface area is 189 Å². The normalized spacial score (nSPS) is 18.7. The molecule has 10 heteroatoms. The summed E-state index contributed by atoms with van der Waals surface area (Å²) in [5, 5.41) is 3.69. The third-order valence-electron chi connectivity index (χ3n) is 5.22. The van der Waals surface area contributed by atoms with E-state index in [4.69, 9.17) is 11.6 Å². The van der Waals surface area contributed by atoms with Gasteiger partial charge in [0, 0.05) is 43.3 Å². The Morgan fingerprint density at radius 2 is 2.06 bits per heavy atom. The summed E-state index contributed by atoms with van der Waals surface area (Å²) < 4.78 is 13.5. The summed E-state index contributed by atoms with van der Waals surface area (Å²) in [6.07, 6.45) is 2.08. The molecule has 1 aromatic heterocycles. The molecule has 0 spiro atoms. The summed E-state index contributed by atoms with van der Waals surface area (Å²) in [7, 11) is 0. The summed E-state index contributed by atoms with van der Waals surface area (Å²) in [5.41, 5.74) is 0.341. The molecule has 2 amide bonds. The van der Waals surface area contributed by atoms with Gasteiger partial charge in [0.1, 0.15) is 16.8 Å². The SMILES string of the molecule is CC1CN(c2cc(Cl)nc(SCC(=O)NC3CC3)n2)CCN1C(=O)c1cccc(F)c1. The minimum absolute atomic E-state index is 0.0317. The van der Waals surface area contributed by atoms with Gasteiger partial charge in [0.15, 0.2) is 5.16 Å². The summed E-state index contributed by atoms with van der Waals surface area (Å²) >= 11 is 7.45. The third kappa shape index (κ3) is 5.65. The van der Waals surface area contributed by atoms with Gasteiger partial charge in [-0.3, -0.25) is 9.59 Å². The number of hydrogen-bond acceptors (Lipinski definition) is 6. The topological polar surface area (TPSA) is 78.4 Å². The van der Waals surface area contributed by atoms with E-state index in [9.17, 15) is 14.0 Å². The molecule has 1 aromatic carbocycles. The van der Waals surface area contributed by atoms with E-state index in [0.29, 0.717) is 47.4 Å². The third-order valence-corrected chi connectivity index (χ3v) is 6.26. The Kier molecular flexibility index (Phi) is 6.62. The lowest BCUT2D eigenvalue weighted by molar-refractivity contribution is -0.118. The Morgan fingerprint density at radius 3 is 2.77 bits per heavy atom. The maximum atomic E-state index is 13.5. The van der Waals surface area contributed by atoms with Crippen molar-refractivity contribution in [3.63, 3.8) is 0 Å². The number of hydrogen-bond donors (Lipinski definition) is 1. The highest BCUT2D eigenvalue weighted by Gasteiger charge is 2.29. The lowest BCUT2D eigenvalue weighted by atomic mass is 10.1. The molecule has 2 aromatic rings. The fourth-order valence-corrected chi connectivity index (χ4v) is 4.39. The van der Waals surface area contributed by atoms with Crippen LogP contribution in [0.25, 0.3) is 0 Å². The zero-order valence-corrected chi connectivity index (χ0v) is 18.6. The molecule has 2 aliphatic rings. The Hall–Kier alpha value is -2.39. The van der Waals surface area contributed by atoms with Gasteiger partial charge in [-0.25, -0.2) is 14.4 Å². The van der Waals surface area contributed by atoms with Crippen molar-refractivity contribution in [2.75, 3.05) is 30.3 Å². The minimum Gasteiger partial charge on any atom is -0.353 e. The number of nitrogens with one attached hydrogen (secondary N) is 1. The van der Waals surface area contributed by atoms with Gasteiger partial charge >= 0.3 is 0 Å². The van der Waals surface area contributed by atoms with Crippen LogP contribution in [0.3, 0.4) is 0 Å². The van der Waals surface area contributed by atoms with Gasteiger partial charge in [0.05, 0.1) is 5.75 Å². The molecule has 1 aliphatic carbocycles. The summed E-state index contributed by atoms with van der Waals surface area (Å²) in [5.74, 6) is 0.252. The lowest BCUT2D eigenvalue weighted by Crippen LogP contribution is -2.54. The van der Waals surface area contributed by atoms with E-state index < -0.39 is 5.82 Å². The zero-order chi connectivity index (χ0) is 22.0. The number of rotatable bonds is 6. The van der Waals surface area contributed by atoms with E-state index in [-0.39, 0.29) is 23.6 Å². The highest BCUT2D eigenvalue weighted by atomic mass is 35.5. The molecule has 2 heterocycles. The van der Waals surface area contributed by atoms with Gasteiger partial charge in [-0.05, 0) is 38.0 Å². The first kappa shape index (κ1) is 21.8. The molecule has 1 unspecified atom stereocenters. The highest BCUT2D eigenvalue weighted by Crippen LogP contribution is 2.25. The first-order chi connectivity index (χ1) is 14.9. The number of aromatic nitrogens is 2. The first-order valence-electron chi connectivity index (χ1n) is 10.2. The molecule has 0 radical (unpaired) electrons. The second-order valence-electron chi connectivity index (χ2n) is 7.77. The van der Waals surface area contributed by atoms with Crippen LogP contribution in [0.4, 0.5) is 10.2 Å². The van der Waals surface area contributed by atoms with Crippen LogP contribution in [0.1, 0.15) is 30.1 Å². The van der Waals surface area contributed by atoms with Gasteiger partial charge in [-0.2, -0.15) is 0 Å². The Balaban J connectivity index is 1.39. The highest BCUT2D eigenvalue weighted by molar-refractivity contribution is 7.99. The number of halogens is 2. The van der Waals surface area contributed by atoms with E-state index in [0.717, 1.165) is 12.8 Å². The quantitative estimate of drug-likeness (QED) is 0.403. The van der Waals surface area contributed by atoms with Crippen LogP contribution in [0.2, 0.25) is 5.15 Å². The second-order valence-corrected chi connectivity index (χ2v) is 9.10. The van der Waals surface area contributed by atoms with Crippen LogP contribution in [0, 0.1) is 5.82 Å². The smallest absolute Gasteiger partial charge is 0.254 e. The van der Waals surface area contributed by atoms with Crippen LogP contribution < -0.4 is 10.2 Å². The van der Waals surface area contributed by atoms with Crippen LogP contribution >= 0.6 is 23.4 Å². The van der Waals surface area contributed by atoms with Crippen LogP contribution in [0.5, 0.6) is 0 Å². The van der Waals surface area contributed by atoms with Crippen LogP contribution in [-0.4, -0.2) is 64.2 Å². The molecule has 7 nitrogen and oxygen atoms in total. The van der Waals surface area contributed by atoms with Gasteiger partial charge in [0.2, 0.25) is 5.91 Å².